The second-order valence-electron chi connectivity index (χ2n) is 2.90. The molecule has 0 unspecified atom stereocenters. The van der Waals surface area contributed by atoms with Gasteiger partial charge in [-0.25, -0.2) is 0 Å². The van der Waals surface area contributed by atoms with Gasteiger partial charge in [0.2, 0.25) is 0 Å². The minimum atomic E-state index is -0.446. The maximum absolute atomic E-state index is 11.6. The molecular weight excluding hydrogens is 230 g/mol. The van der Waals surface area contributed by atoms with Crippen LogP contribution >= 0.6 is 11.6 Å². The molecule has 4 nitrogen and oxygen atoms in total. The Morgan fingerprint density at radius 2 is 2.31 bits per heavy atom. The third-order valence-electron chi connectivity index (χ3n) is 2.04. The molecule has 0 bridgehead atoms. The average molecular weight is 238 g/mol. The fourth-order valence-corrected chi connectivity index (χ4v) is 1.48. The average Bonchev–Trinajstić information content (AvgIpc) is 2.35. The lowest BCUT2D eigenvalue weighted by molar-refractivity contribution is 0.101. The Kier molecular flexibility index (Phi) is 4.03. The van der Waals surface area contributed by atoms with E-state index >= 15 is 0 Å². The number of alkyl halides is 1. The number of benzene rings is 1. The molecule has 0 fully saturated rings. The fraction of sp³-hybridized carbons (Fsp3) is 0.182. The molecule has 0 saturated heterocycles. The van der Waals surface area contributed by atoms with E-state index in [1.165, 1.54) is 19.2 Å². The van der Waals surface area contributed by atoms with Crippen LogP contribution in [0.3, 0.4) is 0 Å². The molecule has 82 valence electrons. The largest absolute Gasteiger partial charge is 0.495 e. The molecule has 0 N–H and O–H groups in total. The fourth-order valence-electron chi connectivity index (χ4n) is 1.35. The van der Waals surface area contributed by atoms with Crippen molar-refractivity contribution in [3.8, 4) is 11.8 Å². The summed E-state index contributed by atoms with van der Waals surface area (Å²) in [6.07, 6.45) is 0.561. The van der Waals surface area contributed by atoms with Crippen LogP contribution in [-0.4, -0.2) is 25.1 Å². The number of carbonyl (C=O) groups is 2. The molecule has 0 aliphatic carbocycles. The van der Waals surface area contributed by atoms with Crippen LogP contribution in [0.4, 0.5) is 0 Å². The minimum absolute atomic E-state index is 0.0598. The van der Waals surface area contributed by atoms with E-state index in [2.05, 4.69) is 0 Å². The van der Waals surface area contributed by atoms with Gasteiger partial charge in [-0.3, -0.25) is 9.59 Å². The van der Waals surface area contributed by atoms with Crippen LogP contribution in [0.2, 0.25) is 0 Å². The minimum Gasteiger partial charge on any atom is -0.495 e. The van der Waals surface area contributed by atoms with Gasteiger partial charge < -0.3 is 4.74 Å². The zero-order valence-corrected chi connectivity index (χ0v) is 9.25. The monoisotopic (exact) mass is 237 g/mol. The first-order chi connectivity index (χ1) is 7.69. The highest BCUT2D eigenvalue weighted by atomic mass is 35.5. The predicted molar refractivity (Wildman–Crippen MR) is 58.1 cm³/mol. The molecule has 0 spiro atoms. The van der Waals surface area contributed by atoms with Gasteiger partial charge >= 0.3 is 0 Å². The number of nitrogens with zero attached hydrogens (tertiary/aromatic N) is 1. The smallest absolute Gasteiger partial charge is 0.182 e. The first-order valence-corrected chi connectivity index (χ1v) is 4.88. The molecule has 0 aliphatic rings. The summed E-state index contributed by atoms with van der Waals surface area (Å²) < 4.78 is 4.97. The molecule has 0 saturated carbocycles. The molecule has 0 amide bonds. The molecule has 16 heavy (non-hydrogen) atoms. The molecule has 5 heteroatoms. The van der Waals surface area contributed by atoms with Crippen LogP contribution in [0, 0.1) is 11.3 Å². The van der Waals surface area contributed by atoms with Gasteiger partial charge in [-0.2, -0.15) is 5.26 Å². The van der Waals surface area contributed by atoms with E-state index < -0.39 is 5.78 Å². The van der Waals surface area contributed by atoms with E-state index in [4.69, 9.17) is 21.6 Å². The maximum atomic E-state index is 11.6. The van der Waals surface area contributed by atoms with Gasteiger partial charge in [0.25, 0.3) is 0 Å². The lowest BCUT2D eigenvalue weighted by Gasteiger charge is -2.10. The van der Waals surface area contributed by atoms with Crippen molar-refractivity contribution in [2.24, 2.45) is 0 Å². The summed E-state index contributed by atoms with van der Waals surface area (Å²) in [5.74, 6) is -0.619. The van der Waals surface area contributed by atoms with Crippen LogP contribution in [0.15, 0.2) is 12.1 Å². The summed E-state index contributed by atoms with van der Waals surface area (Å²) in [7, 11) is 1.33. The summed E-state index contributed by atoms with van der Waals surface area (Å²) in [5, 5.41) is 8.86. The van der Waals surface area contributed by atoms with Crippen molar-refractivity contribution in [1.82, 2.24) is 0 Å². The molecule has 0 aromatic heterocycles. The van der Waals surface area contributed by atoms with E-state index in [-0.39, 0.29) is 28.3 Å². The molecule has 0 radical (unpaired) electrons. The Bertz CT molecular complexity index is 477. The van der Waals surface area contributed by atoms with Crippen LogP contribution in [0.5, 0.6) is 5.75 Å². The standard InChI is InChI=1S/C11H8ClNO3/c1-16-11-8(6-14)3-2-7(5-13)10(11)9(15)4-12/h2-3,6H,4H2,1H3. The Balaban J connectivity index is 3.56. The molecule has 1 rings (SSSR count). The zero-order chi connectivity index (χ0) is 12.1. The van der Waals surface area contributed by atoms with E-state index in [9.17, 15) is 9.59 Å². The van der Waals surface area contributed by atoms with Gasteiger partial charge in [0.05, 0.1) is 29.7 Å². The second-order valence-corrected chi connectivity index (χ2v) is 3.16. The summed E-state index contributed by atoms with van der Waals surface area (Å²) >= 11 is 5.44. The van der Waals surface area contributed by atoms with E-state index in [0.717, 1.165) is 0 Å². The normalized spacial score (nSPS) is 9.31. The second kappa shape index (κ2) is 5.29. The number of rotatable bonds is 4. The lowest BCUT2D eigenvalue weighted by atomic mass is 10.0. The number of aldehydes is 1. The lowest BCUT2D eigenvalue weighted by Crippen LogP contribution is -2.08. The van der Waals surface area contributed by atoms with Gasteiger partial charge in [0.15, 0.2) is 12.1 Å². The van der Waals surface area contributed by atoms with Crippen molar-refractivity contribution < 1.29 is 14.3 Å². The number of ether oxygens (including phenoxy) is 1. The number of hydrogen-bond donors (Lipinski definition) is 0. The highest BCUT2D eigenvalue weighted by Crippen LogP contribution is 2.26. The van der Waals surface area contributed by atoms with Crippen molar-refractivity contribution in [2.75, 3.05) is 13.0 Å². The molecule has 0 aliphatic heterocycles. The van der Waals surface area contributed by atoms with Crippen LogP contribution in [0.25, 0.3) is 0 Å². The number of hydrogen-bond acceptors (Lipinski definition) is 4. The van der Waals surface area contributed by atoms with E-state index in [1.807, 2.05) is 6.07 Å². The molecule has 0 heterocycles. The zero-order valence-electron chi connectivity index (χ0n) is 8.49. The van der Waals surface area contributed by atoms with Gasteiger partial charge in [-0.05, 0) is 12.1 Å². The highest BCUT2D eigenvalue weighted by Gasteiger charge is 2.19. The SMILES string of the molecule is COc1c(C=O)ccc(C#N)c1C(=O)CCl. The molecular formula is C11H8ClNO3. The Morgan fingerprint density at radius 1 is 1.62 bits per heavy atom. The molecule has 0 atom stereocenters. The molecule has 1 aromatic carbocycles. The van der Waals surface area contributed by atoms with Crippen molar-refractivity contribution >= 4 is 23.7 Å². The predicted octanol–water partition coefficient (Wildman–Crippen LogP) is 1.80. The number of carbonyl (C=O) groups excluding carboxylic acids is 2. The Hall–Kier alpha value is -1.86. The van der Waals surface area contributed by atoms with Crippen molar-refractivity contribution in [3.05, 3.63) is 28.8 Å². The van der Waals surface area contributed by atoms with E-state index in [1.54, 1.807) is 0 Å². The van der Waals surface area contributed by atoms with Crippen LogP contribution < -0.4 is 4.74 Å². The van der Waals surface area contributed by atoms with Crippen molar-refractivity contribution in [1.29, 1.82) is 5.26 Å². The topological polar surface area (TPSA) is 67.2 Å². The van der Waals surface area contributed by atoms with Gasteiger partial charge in [-0.15, -0.1) is 11.6 Å². The van der Waals surface area contributed by atoms with Crippen LogP contribution in [-0.2, 0) is 0 Å². The number of methoxy groups -OCH3 is 1. The number of Topliss-reactive ketones (excluding diaryl/α,β-unsaturated/α-hetero) is 1. The number of nitriles is 1. The third-order valence-corrected chi connectivity index (χ3v) is 2.28. The number of halogens is 1. The van der Waals surface area contributed by atoms with Gasteiger partial charge in [-0.1, -0.05) is 0 Å². The van der Waals surface area contributed by atoms with Crippen molar-refractivity contribution in [2.45, 2.75) is 0 Å². The quantitative estimate of drug-likeness (QED) is 0.455. The maximum Gasteiger partial charge on any atom is 0.182 e. The summed E-state index contributed by atoms with van der Waals surface area (Å²) in [6.45, 7) is 0. The first kappa shape index (κ1) is 12.2. The summed E-state index contributed by atoms with van der Waals surface area (Å²) in [4.78, 5) is 22.3. The number of ketones is 1. The Morgan fingerprint density at radius 3 is 2.75 bits per heavy atom. The Labute approximate surface area is 97.4 Å². The summed E-state index contributed by atoms with van der Waals surface area (Å²) in [6, 6.07) is 4.68. The van der Waals surface area contributed by atoms with E-state index in [0.29, 0.717) is 6.29 Å². The van der Waals surface area contributed by atoms with Crippen molar-refractivity contribution in [3.63, 3.8) is 0 Å². The first-order valence-electron chi connectivity index (χ1n) is 4.35. The summed E-state index contributed by atoms with van der Waals surface area (Å²) in [5.41, 5.74) is 0.424. The third kappa shape index (κ3) is 2.05. The van der Waals surface area contributed by atoms with Gasteiger partial charge in [0.1, 0.15) is 11.8 Å². The van der Waals surface area contributed by atoms with Crippen LogP contribution in [0.1, 0.15) is 26.3 Å². The highest BCUT2D eigenvalue weighted by molar-refractivity contribution is 6.31. The van der Waals surface area contributed by atoms with Gasteiger partial charge in [0, 0.05) is 0 Å². The molecule has 1 aromatic rings.